The zero-order chi connectivity index (χ0) is 17.2. The molecule has 2 rings (SSSR count). The van der Waals surface area contributed by atoms with E-state index in [0.29, 0.717) is 6.54 Å². The summed E-state index contributed by atoms with van der Waals surface area (Å²) in [5.74, 6) is -0.389. The molecule has 1 N–H and O–H groups in total. The smallest absolute Gasteiger partial charge is 0.243 e. The molecule has 0 bridgehead atoms. The van der Waals surface area contributed by atoms with E-state index in [-0.39, 0.29) is 23.5 Å². The van der Waals surface area contributed by atoms with Crippen molar-refractivity contribution in [3.63, 3.8) is 0 Å². The highest BCUT2D eigenvalue weighted by Gasteiger charge is 2.33. The Labute approximate surface area is 136 Å². The number of rotatable bonds is 6. The van der Waals surface area contributed by atoms with E-state index in [1.54, 1.807) is 0 Å². The van der Waals surface area contributed by atoms with E-state index in [2.05, 4.69) is 9.62 Å². The van der Waals surface area contributed by atoms with Gasteiger partial charge in [0.15, 0.2) is 11.5 Å². The van der Waals surface area contributed by atoms with E-state index in [1.165, 1.54) is 14.2 Å². The lowest BCUT2D eigenvalue weighted by Gasteiger charge is -2.18. The van der Waals surface area contributed by atoms with Crippen molar-refractivity contribution in [3.8, 4) is 11.5 Å². The Morgan fingerprint density at radius 2 is 1.87 bits per heavy atom. The van der Waals surface area contributed by atoms with Crippen LogP contribution in [-0.2, 0) is 10.0 Å². The van der Waals surface area contributed by atoms with E-state index in [4.69, 9.17) is 9.47 Å². The molecule has 0 saturated carbocycles. The predicted octanol–water partition coefficient (Wildman–Crippen LogP) is 1.46. The average Bonchev–Trinajstić information content (AvgIpc) is 2.86. The number of ether oxygens (including phenoxy) is 2. The first kappa shape index (κ1) is 18.0. The molecule has 0 unspecified atom stereocenters. The molecule has 0 amide bonds. The van der Waals surface area contributed by atoms with Gasteiger partial charge in [-0.25, -0.2) is 17.5 Å². The summed E-state index contributed by atoms with van der Waals surface area (Å²) in [6, 6.07) is 1.92. The summed E-state index contributed by atoms with van der Waals surface area (Å²) in [4.78, 5) is 1.72. The normalized spacial score (nSPS) is 22.3. The van der Waals surface area contributed by atoms with Crippen LogP contribution in [-0.4, -0.2) is 53.2 Å². The molecule has 1 aliphatic rings. The van der Waals surface area contributed by atoms with Crippen molar-refractivity contribution >= 4 is 10.0 Å². The fourth-order valence-electron chi connectivity index (χ4n) is 2.78. The second kappa shape index (κ2) is 7.02. The van der Waals surface area contributed by atoms with Crippen molar-refractivity contribution in [2.75, 3.05) is 33.9 Å². The summed E-state index contributed by atoms with van der Waals surface area (Å²) in [6.45, 7) is 6.29. The molecule has 8 heteroatoms. The lowest BCUT2D eigenvalue weighted by Crippen LogP contribution is -2.40. The standard InChI is InChI=1S/C15H23FN2O4S/c1-5-18-8-10(2)12(9-18)17-23(19,20)15-7-14(22-4)13(21-3)6-11(15)16/h6-7,10,12,17H,5,8-9H2,1-4H3/t10-,12+/m1/s1. The molecule has 1 aromatic rings. The van der Waals surface area contributed by atoms with Gasteiger partial charge in [0.05, 0.1) is 14.2 Å². The number of benzene rings is 1. The third kappa shape index (κ3) is 3.76. The fraction of sp³-hybridized carbons (Fsp3) is 0.600. The number of likely N-dealkylation sites (tertiary alicyclic amines) is 1. The molecule has 6 nitrogen and oxygen atoms in total. The Bertz CT molecular complexity index is 666. The van der Waals surface area contributed by atoms with E-state index in [9.17, 15) is 12.8 Å². The lowest BCUT2D eigenvalue weighted by molar-refractivity contribution is 0.344. The van der Waals surface area contributed by atoms with Crippen LogP contribution >= 0.6 is 0 Å². The molecule has 0 spiro atoms. The van der Waals surface area contributed by atoms with Crippen molar-refractivity contribution in [1.82, 2.24) is 9.62 Å². The maximum Gasteiger partial charge on any atom is 0.243 e. The van der Waals surface area contributed by atoms with Crippen LogP contribution in [0.5, 0.6) is 11.5 Å². The summed E-state index contributed by atoms with van der Waals surface area (Å²) < 4.78 is 51.9. The summed E-state index contributed by atoms with van der Waals surface area (Å²) >= 11 is 0. The number of nitrogens with zero attached hydrogens (tertiary/aromatic N) is 1. The minimum Gasteiger partial charge on any atom is -0.493 e. The highest BCUT2D eigenvalue weighted by molar-refractivity contribution is 7.89. The zero-order valence-corrected chi connectivity index (χ0v) is 14.6. The van der Waals surface area contributed by atoms with Crippen LogP contribution in [0.4, 0.5) is 4.39 Å². The summed E-state index contributed by atoms with van der Waals surface area (Å²) in [7, 11) is -1.25. The second-order valence-electron chi connectivity index (χ2n) is 5.69. The SMILES string of the molecule is CCN1C[C@@H](C)[C@@H](NS(=O)(=O)c2cc(OC)c(OC)cc2F)C1. The van der Waals surface area contributed by atoms with Gasteiger partial charge in [0, 0.05) is 31.3 Å². The number of hydrogen-bond acceptors (Lipinski definition) is 5. The van der Waals surface area contributed by atoms with Crippen LogP contribution < -0.4 is 14.2 Å². The van der Waals surface area contributed by atoms with Crippen LogP contribution in [0.25, 0.3) is 0 Å². The molecule has 0 aliphatic carbocycles. The molecular formula is C15H23FN2O4S. The third-order valence-corrected chi connectivity index (χ3v) is 5.67. The van der Waals surface area contributed by atoms with Crippen LogP contribution in [0, 0.1) is 11.7 Å². The molecule has 1 saturated heterocycles. The van der Waals surface area contributed by atoms with E-state index < -0.39 is 20.7 Å². The van der Waals surface area contributed by atoms with Crippen molar-refractivity contribution in [3.05, 3.63) is 17.9 Å². The van der Waals surface area contributed by atoms with Crippen molar-refractivity contribution in [2.45, 2.75) is 24.8 Å². The monoisotopic (exact) mass is 346 g/mol. The number of hydrogen-bond donors (Lipinski definition) is 1. The number of likely N-dealkylation sites (N-methyl/N-ethyl adjacent to an activating group) is 1. The predicted molar refractivity (Wildman–Crippen MR) is 84.9 cm³/mol. The topological polar surface area (TPSA) is 67.9 Å². The van der Waals surface area contributed by atoms with Crippen molar-refractivity contribution in [1.29, 1.82) is 0 Å². The van der Waals surface area contributed by atoms with Crippen LogP contribution in [0.1, 0.15) is 13.8 Å². The number of sulfonamides is 1. The molecule has 130 valence electrons. The first-order valence-electron chi connectivity index (χ1n) is 7.48. The molecule has 1 heterocycles. The summed E-state index contributed by atoms with van der Waals surface area (Å²) in [5, 5.41) is 0. The molecule has 2 atom stereocenters. The highest BCUT2D eigenvalue weighted by Crippen LogP contribution is 2.32. The molecule has 0 aromatic heterocycles. The molecule has 23 heavy (non-hydrogen) atoms. The quantitative estimate of drug-likeness (QED) is 0.845. The van der Waals surface area contributed by atoms with E-state index in [1.807, 2.05) is 13.8 Å². The summed E-state index contributed by atoms with van der Waals surface area (Å²) in [5.41, 5.74) is 0. The largest absolute Gasteiger partial charge is 0.493 e. The zero-order valence-electron chi connectivity index (χ0n) is 13.8. The minimum atomic E-state index is -3.98. The Hall–Kier alpha value is -1.38. The molecule has 1 aliphatic heterocycles. The Kier molecular flexibility index (Phi) is 5.49. The van der Waals surface area contributed by atoms with E-state index >= 15 is 0 Å². The van der Waals surface area contributed by atoms with Gasteiger partial charge in [-0.15, -0.1) is 0 Å². The fourth-order valence-corrected chi connectivity index (χ4v) is 4.19. The molecular weight excluding hydrogens is 323 g/mol. The van der Waals surface area contributed by atoms with Gasteiger partial charge in [-0.2, -0.15) is 0 Å². The van der Waals surface area contributed by atoms with Crippen LogP contribution in [0.2, 0.25) is 0 Å². The maximum atomic E-state index is 14.2. The van der Waals surface area contributed by atoms with Crippen LogP contribution in [0.15, 0.2) is 17.0 Å². The van der Waals surface area contributed by atoms with Gasteiger partial charge in [-0.05, 0) is 12.5 Å². The average molecular weight is 346 g/mol. The van der Waals surface area contributed by atoms with Crippen molar-refractivity contribution < 1.29 is 22.3 Å². The number of nitrogens with one attached hydrogen (secondary N) is 1. The summed E-state index contributed by atoms with van der Waals surface area (Å²) in [6.07, 6.45) is 0. The first-order chi connectivity index (χ1) is 10.8. The highest BCUT2D eigenvalue weighted by atomic mass is 32.2. The molecule has 0 radical (unpaired) electrons. The van der Waals surface area contributed by atoms with Gasteiger partial charge in [0.25, 0.3) is 0 Å². The Morgan fingerprint density at radius 1 is 1.26 bits per heavy atom. The minimum absolute atomic E-state index is 0.148. The maximum absolute atomic E-state index is 14.2. The number of methoxy groups -OCH3 is 2. The molecule has 1 aromatic carbocycles. The molecule has 1 fully saturated rings. The van der Waals surface area contributed by atoms with Gasteiger partial charge in [0.1, 0.15) is 10.7 Å². The Morgan fingerprint density at radius 3 is 2.39 bits per heavy atom. The van der Waals surface area contributed by atoms with Gasteiger partial charge in [0.2, 0.25) is 10.0 Å². The Balaban J connectivity index is 2.29. The van der Waals surface area contributed by atoms with Crippen molar-refractivity contribution in [2.24, 2.45) is 5.92 Å². The lowest BCUT2D eigenvalue weighted by atomic mass is 10.1. The first-order valence-corrected chi connectivity index (χ1v) is 8.96. The number of halogens is 1. The van der Waals surface area contributed by atoms with Gasteiger partial charge in [-0.3, -0.25) is 0 Å². The van der Waals surface area contributed by atoms with E-state index in [0.717, 1.165) is 25.2 Å². The third-order valence-electron chi connectivity index (χ3n) is 4.17. The van der Waals surface area contributed by atoms with Crippen LogP contribution in [0.3, 0.4) is 0 Å². The van der Waals surface area contributed by atoms with Gasteiger partial charge in [-0.1, -0.05) is 13.8 Å². The van der Waals surface area contributed by atoms with Gasteiger partial charge >= 0.3 is 0 Å². The van der Waals surface area contributed by atoms with Gasteiger partial charge < -0.3 is 14.4 Å². The second-order valence-corrected chi connectivity index (χ2v) is 7.38.